The molecule has 3 heterocycles. The Morgan fingerprint density at radius 2 is 1.96 bits per heavy atom. The molecule has 3 aromatic rings. The largest absolute Gasteiger partial charge is 0.379 e. The van der Waals surface area contributed by atoms with E-state index in [4.69, 9.17) is 9.84 Å². The van der Waals surface area contributed by atoms with Crippen molar-refractivity contribution >= 4 is 16.3 Å². The van der Waals surface area contributed by atoms with Gasteiger partial charge < -0.3 is 4.74 Å². The molecule has 0 aliphatic carbocycles. The summed E-state index contributed by atoms with van der Waals surface area (Å²) >= 11 is 1.58. The van der Waals surface area contributed by atoms with E-state index < -0.39 is 0 Å². The molecule has 1 aliphatic rings. The zero-order valence-corrected chi connectivity index (χ0v) is 13.9. The van der Waals surface area contributed by atoms with E-state index in [1.807, 2.05) is 22.7 Å². The summed E-state index contributed by atoms with van der Waals surface area (Å²) in [7, 11) is 0. The molecule has 1 aromatic carbocycles. The summed E-state index contributed by atoms with van der Waals surface area (Å²) in [5, 5.41) is 14.4. The summed E-state index contributed by atoms with van der Waals surface area (Å²) < 4.78 is 7.31. The zero-order chi connectivity index (χ0) is 15.6. The molecule has 6 nitrogen and oxygen atoms in total. The Labute approximate surface area is 138 Å². The molecule has 1 aliphatic heterocycles. The second kappa shape index (κ2) is 6.35. The number of hydrogen-bond donors (Lipinski definition) is 0. The van der Waals surface area contributed by atoms with Gasteiger partial charge >= 0.3 is 0 Å². The number of nitrogens with zero attached hydrogens (tertiary/aromatic N) is 5. The Hall–Kier alpha value is -1.83. The molecule has 0 radical (unpaired) electrons. The van der Waals surface area contributed by atoms with Crippen molar-refractivity contribution in [3.63, 3.8) is 0 Å². The van der Waals surface area contributed by atoms with Gasteiger partial charge in [-0.25, -0.2) is 0 Å². The molecule has 2 aromatic heterocycles. The van der Waals surface area contributed by atoms with E-state index >= 15 is 0 Å². The number of aromatic nitrogens is 4. The van der Waals surface area contributed by atoms with Gasteiger partial charge in [-0.2, -0.15) is 9.61 Å². The van der Waals surface area contributed by atoms with Crippen LogP contribution >= 0.6 is 11.3 Å². The van der Waals surface area contributed by atoms with Crippen LogP contribution in [-0.2, 0) is 4.74 Å². The van der Waals surface area contributed by atoms with Crippen LogP contribution in [-0.4, -0.2) is 57.6 Å². The average Bonchev–Trinajstić information content (AvgIpc) is 3.17. The van der Waals surface area contributed by atoms with Gasteiger partial charge in [0.25, 0.3) is 0 Å². The summed E-state index contributed by atoms with van der Waals surface area (Å²) in [5.74, 6) is 1.22. The topological polar surface area (TPSA) is 55.5 Å². The lowest BCUT2D eigenvalue weighted by molar-refractivity contribution is 0.0353. The monoisotopic (exact) mass is 329 g/mol. The third kappa shape index (κ3) is 2.99. The molecule has 0 N–H and O–H groups in total. The van der Waals surface area contributed by atoms with E-state index in [1.54, 1.807) is 11.3 Å². The van der Waals surface area contributed by atoms with Gasteiger partial charge in [0.2, 0.25) is 4.96 Å². The second-order valence-corrected chi connectivity index (χ2v) is 6.80. The van der Waals surface area contributed by atoms with Crippen LogP contribution in [0.3, 0.4) is 0 Å². The fourth-order valence-electron chi connectivity index (χ4n) is 2.89. The normalized spacial score (nSPS) is 17.6. The van der Waals surface area contributed by atoms with E-state index in [9.17, 15) is 0 Å². The predicted octanol–water partition coefficient (Wildman–Crippen LogP) is 2.29. The van der Waals surface area contributed by atoms with Crippen LogP contribution in [0.25, 0.3) is 15.5 Å². The van der Waals surface area contributed by atoms with Gasteiger partial charge in [-0.1, -0.05) is 48.6 Å². The van der Waals surface area contributed by atoms with Crippen LogP contribution in [0.2, 0.25) is 0 Å². The molecule has 0 spiro atoms. The molecule has 7 heteroatoms. The van der Waals surface area contributed by atoms with Gasteiger partial charge in [-0.15, -0.1) is 10.2 Å². The molecule has 1 saturated heterocycles. The fourth-order valence-corrected chi connectivity index (χ4v) is 3.74. The molecular formula is C16H19N5OS. The molecule has 23 heavy (non-hydrogen) atoms. The van der Waals surface area contributed by atoms with Gasteiger partial charge in [0.05, 0.1) is 13.2 Å². The third-order valence-corrected chi connectivity index (χ3v) is 5.06. The van der Waals surface area contributed by atoms with Crippen molar-refractivity contribution in [3.8, 4) is 10.6 Å². The fraction of sp³-hybridized carbons (Fsp3) is 0.438. The maximum absolute atomic E-state index is 5.41. The lowest BCUT2D eigenvalue weighted by atomic mass is 10.1. The first-order valence-electron chi connectivity index (χ1n) is 7.89. The van der Waals surface area contributed by atoms with Crippen LogP contribution < -0.4 is 0 Å². The first-order valence-corrected chi connectivity index (χ1v) is 8.70. The van der Waals surface area contributed by atoms with E-state index in [1.165, 1.54) is 0 Å². The third-order valence-electron chi connectivity index (χ3n) is 4.11. The number of rotatable bonds is 4. The van der Waals surface area contributed by atoms with Crippen LogP contribution in [0.15, 0.2) is 30.3 Å². The van der Waals surface area contributed by atoms with Gasteiger partial charge in [-0.05, 0) is 0 Å². The van der Waals surface area contributed by atoms with Gasteiger partial charge in [0.1, 0.15) is 5.01 Å². The summed E-state index contributed by atoms with van der Waals surface area (Å²) in [6.45, 7) is 6.75. The lowest BCUT2D eigenvalue weighted by Crippen LogP contribution is -2.38. The van der Waals surface area contributed by atoms with Crippen molar-refractivity contribution in [3.05, 3.63) is 36.2 Å². The number of ether oxygens (including phenoxy) is 1. The van der Waals surface area contributed by atoms with E-state index in [2.05, 4.69) is 34.2 Å². The molecule has 0 bridgehead atoms. The van der Waals surface area contributed by atoms with Crippen molar-refractivity contribution in [1.29, 1.82) is 0 Å². The van der Waals surface area contributed by atoms with Crippen molar-refractivity contribution in [2.75, 3.05) is 32.8 Å². The Bertz CT molecular complexity index is 778. The van der Waals surface area contributed by atoms with Crippen molar-refractivity contribution < 1.29 is 4.74 Å². The first kappa shape index (κ1) is 14.7. The van der Waals surface area contributed by atoms with Crippen molar-refractivity contribution in [2.24, 2.45) is 0 Å². The average molecular weight is 329 g/mol. The second-order valence-electron chi connectivity index (χ2n) is 5.84. The Kier molecular flexibility index (Phi) is 4.07. The summed E-state index contributed by atoms with van der Waals surface area (Å²) in [6.07, 6.45) is 0. The molecule has 4 rings (SSSR count). The van der Waals surface area contributed by atoms with Crippen LogP contribution in [0, 0.1) is 0 Å². The van der Waals surface area contributed by atoms with E-state index in [0.29, 0.717) is 0 Å². The maximum Gasteiger partial charge on any atom is 0.234 e. The molecule has 1 atom stereocenters. The van der Waals surface area contributed by atoms with Gasteiger partial charge in [-0.3, -0.25) is 4.90 Å². The molecule has 1 fully saturated rings. The van der Waals surface area contributed by atoms with Crippen LogP contribution in [0.1, 0.15) is 18.7 Å². The maximum atomic E-state index is 5.41. The standard InChI is InChI=1S/C16H19N5OS/c1-12(11-20-7-9-22-10-8-20)14-17-18-16-21(14)19-15(23-16)13-5-3-2-4-6-13/h2-6,12H,7-11H2,1H3. The number of hydrogen-bond acceptors (Lipinski definition) is 6. The minimum atomic E-state index is 0.286. The summed E-state index contributed by atoms with van der Waals surface area (Å²) in [4.78, 5) is 3.27. The molecule has 0 amide bonds. The van der Waals surface area contributed by atoms with Crippen LogP contribution in [0.4, 0.5) is 0 Å². The van der Waals surface area contributed by atoms with Crippen molar-refractivity contribution in [2.45, 2.75) is 12.8 Å². The van der Waals surface area contributed by atoms with Gasteiger partial charge in [0, 0.05) is 31.1 Å². The highest BCUT2D eigenvalue weighted by Gasteiger charge is 2.21. The van der Waals surface area contributed by atoms with Gasteiger partial charge in [0.15, 0.2) is 5.82 Å². The lowest BCUT2D eigenvalue weighted by Gasteiger charge is -2.28. The summed E-state index contributed by atoms with van der Waals surface area (Å²) in [5.41, 5.74) is 1.12. The van der Waals surface area contributed by atoms with Crippen molar-refractivity contribution in [1.82, 2.24) is 24.7 Å². The molecule has 1 unspecified atom stereocenters. The van der Waals surface area contributed by atoms with Crippen LogP contribution in [0.5, 0.6) is 0 Å². The Morgan fingerprint density at radius 3 is 2.74 bits per heavy atom. The number of benzene rings is 1. The molecule has 0 saturated carbocycles. The van der Waals surface area contributed by atoms with E-state index in [0.717, 1.165) is 54.2 Å². The SMILES string of the molecule is CC(CN1CCOCC1)c1nnc2sc(-c3ccccc3)nn12. The Balaban J connectivity index is 1.59. The summed E-state index contributed by atoms with van der Waals surface area (Å²) in [6, 6.07) is 10.2. The highest BCUT2D eigenvalue weighted by atomic mass is 32.1. The smallest absolute Gasteiger partial charge is 0.234 e. The molecule has 120 valence electrons. The quantitative estimate of drug-likeness (QED) is 0.735. The first-order chi connectivity index (χ1) is 11.3. The Morgan fingerprint density at radius 1 is 1.17 bits per heavy atom. The minimum absolute atomic E-state index is 0.286. The van der Waals surface area contributed by atoms with E-state index in [-0.39, 0.29) is 5.92 Å². The highest BCUT2D eigenvalue weighted by Crippen LogP contribution is 2.27. The number of morpholine rings is 1. The number of fused-ring (bicyclic) bond motifs is 1. The highest BCUT2D eigenvalue weighted by molar-refractivity contribution is 7.19. The zero-order valence-electron chi connectivity index (χ0n) is 13.1. The minimum Gasteiger partial charge on any atom is -0.379 e. The predicted molar refractivity (Wildman–Crippen MR) is 89.8 cm³/mol. The molecular weight excluding hydrogens is 310 g/mol.